The van der Waals surface area contributed by atoms with Gasteiger partial charge in [0.1, 0.15) is 5.75 Å². The molecular formula is C14H22ClN3O3. The summed E-state index contributed by atoms with van der Waals surface area (Å²) in [7, 11) is 1.57. The van der Waals surface area contributed by atoms with E-state index in [-0.39, 0.29) is 30.1 Å². The summed E-state index contributed by atoms with van der Waals surface area (Å²) in [6.45, 7) is 2.81. The second-order valence-electron chi connectivity index (χ2n) is 4.41. The lowest BCUT2D eigenvalue weighted by molar-refractivity contribution is -0.124. The first kappa shape index (κ1) is 19.2. The number of hydrogen-bond donors (Lipinski definition) is 3. The molecule has 0 aromatic heterocycles. The second kappa shape index (κ2) is 10.0. The Hall–Kier alpha value is -1.79. The van der Waals surface area contributed by atoms with Gasteiger partial charge in [-0.25, -0.2) is 0 Å². The number of methoxy groups -OCH3 is 1. The Bertz CT molecular complexity index is 451. The van der Waals surface area contributed by atoms with Crippen LogP contribution in [0, 0.1) is 5.92 Å². The number of carbonyl (C=O) groups is 2. The van der Waals surface area contributed by atoms with Crippen LogP contribution in [0.3, 0.4) is 0 Å². The average molecular weight is 316 g/mol. The number of ether oxygens (including phenoxy) is 1. The van der Waals surface area contributed by atoms with Gasteiger partial charge in [-0.15, -0.1) is 12.4 Å². The van der Waals surface area contributed by atoms with Crippen LogP contribution in [0.2, 0.25) is 0 Å². The molecule has 0 heterocycles. The van der Waals surface area contributed by atoms with E-state index in [0.29, 0.717) is 30.9 Å². The van der Waals surface area contributed by atoms with Gasteiger partial charge in [-0.1, -0.05) is 6.92 Å². The summed E-state index contributed by atoms with van der Waals surface area (Å²) in [6.07, 6.45) is 0. The largest absolute Gasteiger partial charge is 0.497 e. The third-order valence-electron chi connectivity index (χ3n) is 2.86. The molecule has 1 atom stereocenters. The lowest BCUT2D eigenvalue weighted by Crippen LogP contribution is -2.38. The van der Waals surface area contributed by atoms with Crippen LogP contribution >= 0.6 is 12.4 Å². The van der Waals surface area contributed by atoms with E-state index in [1.54, 1.807) is 38.3 Å². The molecule has 21 heavy (non-hydrogen) atoms. The number of amides is 2. The third-order valence-corrected chi connectivity index (χ3v) is 2.86. The van der Waals surface area contributed by atoms with E-state index >= 15 is 0 Å². The van der Waals surface area contributed by atoms with Crippen LogP contribution in [-0.4, -0.2) is 38.6 Å². The zero-order valence-corrected chi connectivity index (χ0v) is 13.0. The molecule has 0 fully saturated rings. The van der Waals surface area contributed by atoms with Crippen molar-refractivity contribution in [3.05, 3.63) is 29.8 Å². The number of benzene rings is 1. The first-order valence-electron chi connectivity index (χ1n) is 6.48. The summed E-state index contributed by atoms with van der Waals surface area (Å²) in [5.41, 5.74) is 5.93. The van der Waals surface area contributed by atoms with E-state index < -0.39 is 0 Å². The van der Waals surface area contributed by atoms with Gasteiger partial charge in [0.25, 0.3) is 5.91 Å². The quantitative estimate of drug-likeness (QED) is 0.641. The summed E-state index contributed by atoms with van der Waals surface area (Å²) >= 11 is 0. The van der Waals surface area contributed by atoms with Gasteiger partial charge < -0.3 is 21.1 Å². The van der Waals surface area contributed by atoms with Crippen LogP contribution in [-0.2, 0) is 4.79 Å². The maximum absolute atomic E-state index is 11.8. The molecule has 1 rings (SSSR count). The molecule has 1 unspecified atom stereocenters. The van der Waals surface area contributed by atoms with Crippen molar-refractivity contribution in [1.82, 2.24) is 10.6 Å². The number of halogens is 1. The second-order valence-corrected chi connectivity index (χ2v) is 4.41. The third kappa shape index (κ3) is 6.46. The monoisotopic (exact) mass is 315 g/mol. The Balaban J connectivity index is 0.00000400. The van der Waals surface area contributed by atoms with E-state index in [1.807, 2.05) is 0 Å². The van der Waals surface area contributed by atoms with Crippen molar-refractivity contribution in [2.24, 2.45) is 11.7 Å². The van der Waals surface area contributed by atoms with Gasteiger partial charge in [0.15, 0.2) is 0 Å². The molecule has 0 aliphatic rings. The Morgan fingerprint density at radius 1 is 1.19 bits per heavy atom. The molecule has 0 aliphatic carbocycles. The molecule has 0 saturated carbocycles. The molecule has 0 bridgehead atoms. The van der Waals surface area contributed by atoms with Gasteiger partial charge in [0.2, 0.25) is 5.91 Å². The maximum Gasteiger partial charge on any atom is 0.251 e. The average Bonchev–Trinajstić information content (AvgIpc) is 2.50. The van der Waals surface area contributed by atoms with E-state index in [2.05, 4.69) is 10.6 Å². The van der Waals surface area contributed by atoms with Crippen LogP contribution in [0.1, 0.15) is 17.3 Å². The number of nitrogens with one attached hydrogen (secondary N) is 2. The highest BCUT2D eigenvalue weighted by molar-refractivity contribution is 5.94. The molecule has 6 nitrogen and oxygen atoms in total. The number of hydrogen-bond acceptors (Lipinski definition) is 4. The van der Waals surface area contributed by atoms with E-state index in [1.165, 1.54) is 0 Å². The van der Waals surface area contributed by atoms with Gasteiger partial charge in [0, 0.05) is 31.1 Å². The highest BCUT2D eigenvalue weighted by Gasteiger charge is 2.10. The molecular weight excluding hydrogens is 294 g/mol. The van der Waals surface area contributed by atoms with Crippen LogP contribution in [0.5, 0.6) is 5.75 Å². The van der Waals surface area contributed by atoms with Gasteiger partial charge in [-0.2, -0.15) is 0 Å². The fourth-order valence-corrected chi connectivity index (χ4v) is 1.49. The first-order valence-corrected chi connectivity index (χ1v) is 6.48. The number of carbonyl (C=O) groups excluding carboxylic acids is 2. The molecule has 0 saturated heterocycles. The Kier molecular flexibility index (Phi) is 9.16. The fraction of sp³-hybridized carbons (Fsp3) is 0.429. The summed E-state index contributed by atoms with van der Waals surface area (Å²) in [4.78, 5) is 23.2. The van der Waals surface area contributed by atoms with Crippen molar-refractivity contribution in [2.75, 3.05) is 26.7 Å². The van der Waals surface area contributed by atoms with Crippen LogP contribution < -0.4 is 21.1 Å². The minimum atomic E-state index is -0.215. The predicted molar refractivity (Wildman–Crippen MR) is 83.8 cm³/mol. The van der Waals surface area contributed by atoms with Crippen molar-refractivity contribution in [3.63, 3.8) is 0 Å². The number of nitrogens with two attached hydrogens (primary N) is 1. The highest BCUT2D eigenvalue weighted by Crippen LogP contribution is 2.10. The molecule has 0 spiro atoms. The molecule has 0 aliphatic heterocycles. The standard InChI is InChI=1S/C14H21N3O3.ClH/c1-10(9-15)13(18)16-7-8-17-14(19)11-3-5-12(20-2)6-4-11;/h3-6,10H,7-9,15H2,1-2H3,(H,16,18)(H,17,19);1H. The zero-order valence-electron chi connectivity index (χ0n) is 12.2. The van der Waals surface area contributed by atoms with Crippen molar-refractivity contribution in [3.8, 4) is 5.75 Å². The molecule has 4 N–H and O–H groups in total. The summed E-state index contributed by atoms with van der Waals surface area (Å²) in [6, 6.07) is 6.81. The Labute approximate surface area is 130 Å². The molecule has 7 heteroatoms. The van der Waals surface area contributed by atoms with Crippen molar-refractivity contribution >= 4 is 24.2 Å². The lowest BCUT2D eigenvalue weighted by atomic mass is 10.2. The van der Waals surface area contributed by atoms with Crippen LogP contribution in [0.25, 0.3) is 0 Å². The van der Waals surface area contributed by atoms with E-state index in [4.69, 9.17) is 10.5 Å². The molecule has 1 aromatic carbocycles. The minimum Gasteiger partial charge on any atom is -0.497 e. The summed E-state index contributed by atoms with van der Waals surface area (Å²) in [5.74, 6) is 0.192. The SMILES string of the molecule is COc1ccc(C(=O)NCCNC(=O)C(C)CN)cc1.Cl. The maximum atomic E-state index is 11.8. The van der Waals surface area contributed by atoms with E-state index in [9.17, 15) is 9.59 Å². The normalized spacial score (nSPS) is 11.0. The Morgan fingerprint density at radius 2 is 1.76 bits per heavy atom. The highest BCUT2D eigenvalue weighted by atomic mass is 35.5. The molecule has 2 amide bonds. The number of rotatable bonds is 7. The van der Waals surface area contributed by atoms with Crippen LogP contribution in [0.15, 0.2) is 24.3 Å². The summed E-state index contributed by atoms with van der Waals surface area (Å²) in [5, 5.41) is 5.43. The molecule has 118 valence electrons. The first-order chi connectivity index (χ1) is 9.58. The van der Waals surface area contributed by atoms with Gasteiger partial charge >= 0.3 is 0 Å². The Morgan fingerprint density at radius 3 is 2.29 bits per heavy atom. The van der Waals surface area contributed by atoms with Gasteiger partial charge in [-0.05, 0) is 24.3 Å². The topological polar surface area (TPSA) is 93.5 Å². The van der Waals surface area contributed by atoms with Crippen LogP contribution in [0.4, 0.5) is 0 Å². The molecule has 0 radical (unpaired) electrons. The fourth-order valence-electron chi connectivity index (χ4n) is 1.49. The lowest BCUT2D eigenvalue weighted by Gasteiger charge is -2.10. The van der Waals surface area contributed by atoms with Crippen molar-refractivity contribution in [2.45, 2.75) is 6.92 Å². The van der Waals surface area contributed by atoms with E-state index in [0.717, 1.165) is 0 Å². The summed E-state index contributed by atoms with van der Waals surface area (Å²) < 4.78 is 5.02. The van der Waals surface area contributed by atoms with Crippen molar-refractivity contribution in [1.29, 1.82) is 0 Å². The van der Waals surface area contributed by atoms with Gasteiger partial charge in [-0.3, -0.25) is 9.59 Å². The smallest absolute Gasteiger partial charge is 0.251 e. The zero-order chi connectivity index (χ0) is 15.0. The minimum absolute atomic E-state index is 0. The van der Waals surface area contributed by atoms with Gasteiger partial charge in [0.05, 0.1) is 7.11 Å². The predicted octanol–water partition coefficient (Wildman–Crippen LogP) is 0.558. The van der Waals surface area contributed by atoms with Crippen molar-refractivity contribution < 1.29 is 14.3 Å². The molecule has 1 aromatic rings.